The van der Waals surface area contributed by atoms with Gasteiger partial charge in [0.05, 0.1) is 0 Å². The molecule has 4 aliphatic rings. The minimum Gasteiger partial charge on any atom is -0.462 e. The van der Waals surface area contributed by atoms with E-state index in [9.17, 15) is 4.79 Å². The van der Waals surface area contributed by atoms with E-state index < -0.39 is 0 Å². The van der Waals surface area contributed by atoms with Crippen LogP contribution in [-0.2, 0) is 9.53 Å². The van der Waals surface area contributed by atoms with Crippen molar-refractivity contribution in [3.05, 3.63) is 53.9 Å². The molecule has 0 radical (unpaired) electrons. The minimum absolute atomic E-state index is 0.0820. The van der Waals surface area contributed by atoms with Crippen LogP contribution in [0.3, 0.4) is 0 Å². The van der Waals surface area contributed by atoms with Crippen molar-refractivity contribution in [1.29, 1.82) is 0 Å². The molecular weight excluding hydrogens is 358 g/mol. The van der Waals surface area contributed by atoms with Gasteiger partial charge in [0.2, 0.25) is 0 Å². The van der Waals surface area contributed by atoms with Gasteiger partial charge < -0.3 is 4.74 Å². The van der Waals surface area contributed by atoms with Gasteiger partial charge in [0.25, 0.3) is 0 Å². The lowest BCUT2D eigenvalue weighted by molar-refractivity contribution is -0.148. The van der Waals surface area contributed by atoms with Crippen molar-refractivity contribution in [1.82, 2.24) is 4.98 Å². The summed E-state index contributed by atoms with van der Waals surface area (Å²) in [5.41, 5.74) is 3.51. The van der Waals surface area contributed by atoms with E-state index in [4.69, 9.17) is 4.74 Å². The highest BCUT2D eigenvalue weighted by Crippen LogP contribution is 2.66. The Morgan fingerprint density at radius 2 is 2.07 bits per heavy atom. The van der Waals surface area contributed by atoms with E-state index >= 15 is 0 Å². The molecule has 0 saturated heterocycles. The average molecular weight is 392 g/mol. The van der Waals surface area contributed by atoms with Crippen molar-refractivity contribution in [2.24, 2.45) is 28.6 Å². The van der Waals surface area contributed by atoms with Gasteiger partial charge in [0, 0.05) is 31.7 Å². The van der Waals surface area contributed by atoms with Crippen LogP contribution in [0.4, 0.5) is 0 Å². The number of nitrogens with zero attached hydrogens (tertiary/aromatic N) is 1. The average Bonchev–Trinajstić information content (AvgIpc) is 3.06. The van der Waals surface area contributed by atoms with Crippen LogP contribution in [0.5, 0.6) is 0 Å². The summed E-state index contributed by atoms with van der Waals surface area (Å²) >= 11 is 0. The van der Waals surface area contributed by atoms with Crippen LogP contribution in [0.15, 0.2) is 48.3 Å². The summed E-state index contributed by atoms with van der Waals surface area (Å²) in [5.74, 6) is 2.47. The second kappa shape index (κ2) is 6.82. The zero-order chi connectivity index (χ0) is 20.2. The van der Waals surface area contributed by atoms with Gasteiger partial charge in [-0.1, -0.05) is 43.7 Å². The van der Waals surface area contributed by atoms with E-state index in [2.05, 4.69) is 55.4 Å². The van der Waals surface area contributed by atoms with Crippen molar-refractivity contribution < 1.29 is 9.53 Å². The Balaban J connectivity index is 1.41. The van der Waals surface area contributed by atoms with Crippen molar-refractivity contribution in [2.75, 3.05) is 0 Å². The number of aromatic nitrogens is 1. The molecular formula is C26H33NO2. The van der Waals surface area contributed by atoms with Crippen LogP contribution in [0.2, 0.25) is 0 Å². The van der Waals surface area contributed by atoms with Gasteiger partial charge in [-0.25, -0.2) is 0 Å². The molecule has 29 heavy (non-hydrogen) atoms. The molecule has 154 valence electrons. The predicted molar refractivity (Wildman–Crippen MR) is 114 cm³/mol. The molecule has 1 heterocycles. The number of hydrogen-bond donors (Lipinski definition) is 0. The number of carbonyl (C=O) groups is 1. The number of rotatable bonds is 2. The van der Waals surface area contributed by atoms with Gasteiger partial charge in [-0.2, -0.15) is 0 Å². The topological polar surface area (TPSA) is 39.2 Å². The Bertz CT molecular complexity index is 859. The van der Waals surface area contributed by atoms with Crippen molar-refractivity contribution >= 4 is 5.97 Å². The number of pyridine rings is 1. The van der Waals surface area contributed by atoms with Crippen LogP contribution in [0.25, 0.3) is 0 Å². The number of esters is 1. The normalized spacial score (nSPS) is 43.0. The number of fused-ring (bicyclic) bond motifs is 5. The summed E-state index contributed by atoms with van der Waals surface area (Å²) in [6.07, 6.45) is 18.4. The molecule has 0 aromatic carbocycles. The molecule has 3 nitrogen and oxygen atoms in total. The highest BCUT2D eigenvalue weighted by Gasteiger charge is 2.57. The summed E-state index contributed by atoms with van der Waals surface area (Å²) in [6, 6.07) is 4.32. The number of hydrogen-bond acceptors (Lipinski definition) is 3. The van der Waals surface area contributed by atoms with Gasteiger partial charge in [-0.15, -0.1) is 0 Å². The zero-order valence-electron chi connectivity index (χ0n) is 17.9. The molecule has 3 heteroatoms. The molecule has 0 spiro atoms. The van der Waals surface area contributed by atoms with E-state index in [-0.39, 0.29) is 17.5 Å². The van der Waals surface area contributed by atoms with Gasteiger partial charge >= 0.3 is 5.97 Å². The smallest absolute Gasteiger partial charge is 0.302 e. The lowest BCUT2D eigenvalue weighted by Gasteiger charge is -2.58. The third kappa shape index (κ3) is 2.92. The zero-order valence-corrected chi connectivity index (χ0v) is 17.9. The second-order valence-corrected chi connectivity index (χ2v) is 10.3. The van der Waals surface area contributed by atoms with Gasteiger partial charge in [-0.3, -0.25) is 9.78 Å². The molecule has 0 amide bonds. The molecule has 2 saturated carbocycles. The molecule has 2 unspecified atom stereocenters. The first kappa shape index (κ1) is 19.1. The van der Waals surface area contributed by atoms with Crippen molar-refractivity contribution in [3.8, 4) is 0 Å². The molecule has 5 rings (SSSR count). The lowest BCUT2D eigenvalue weighted by atomic mass is 9.47. The third-order valence-electron chi connectivity index (χ3n) is 8.95. The fourth-order valence-electron chi connectivity index (χ4n) is 7.47. The fourth-order valence-corrected chi connectivity index (χ4v) is 7.47. The molecule has 7 atom stereocenters. The molecule has 0 aliphatic heterocycles. The standard InChI is InChI=1S/C26H33NO2/c1-17(28)29-20-10-12-25(2)19(15-20)6-7-21-23-9-8-22(18-5-4-14-27-16-18)26(23,3)13-11-24(21)25/h4-6,8-9,14,16,20-24H,7,10-13,15H2,1-3H3/t20-,21?,22?,23-,24-,25-,26+/m0/s1. The highest BCUT2D eigenvalue weighted by atomic mass is 16.5. The molecule has 4 aliphatic carbocycles. The minimum atomic E-state index is -0.140. The first-order valence-electron chi connectivity index (χ1n) is 11.4. The fraction of sp³-hybridized carbons (Fsp3) is 0.615. The maximum atomic E-state index is 11.4. The Kier molecular flexibility index (Phi) is 4.49. The van der Waals surface area contributed by atoms with E-state index in [1.165, 1.54) is 31.7 Å². The SMILES string of the molecule is CC(=O)O[C@H]1CC[C@@]2(C)C(=CCC3[C@@H]2CC[C@]2(C)C(c4cccnc4)C=C[C@@H]32)C1. The Morgan fingerprint density at radius 3 is 2.83 bits per heavy atom. The summed E-state index contributed by atoms with van der Waals surface area (Å²) in [4.78, 5) is 15.8. The van der Waals surface area contributed by atoms with Crippen LogP contribution in [0.1, 0.15) is 70.8 Å². The predicted octanol–water partition coefficient (Wildman–Crippen LogP) is 5.84. The summed E-state index contributed by atoms with van der Waals surface area (Å²) in [6.45, 7) is 6.55. The van der Waals surface area contributed by atoms with Gasteiger partial charge in [-0.05, 0) is 72.3 Å². The van der Waals surface area contributed by atoms with Crippen molar-refractivity contribution in [2.45, 2.75) is 71.3 Å². The quantitative estimate of drug-likeness (QED) is 0.470. The lowest BCUT2D eigenvalue weighted by Crippen LogP contribution is -2.50. The Morgan fingerprint density at radius 1 is 1.21 bits per heavy atom. The molecule has 2 fully saturated rings. The first-order valence-corrected chi connectivity index (χ1v) is 11.4. The van der Waals surface area contributed by atoms with Crippen LogP contribution in [-0.4, -0.2) is 17.1 Å². The van der Waals surface area contributed by atoms with Gasteiger partial charge in [0.15, 0.2) is 0 Å². The number of allylic oxidation sites excluding steroid dienone is 3. The largest absolute Gasteiger partial charge is 0.462 e. The maximum Gasteiger partial charge on any atom is 0.302 e. The first-order chi connectivity index (χ1) is 13.9. The van der Waals surface area contributed by atoms with E-state index in [0.717, 1.165) is 31.1 Å². The van der Waals surface area contributed by atoms with E-state index in [0.29, 0.717) is 17.3 Å². The third-order valence-corrected chi connectivity index (χ3v) is 8.95. The monoisotopic (exact) mass is 391 g/mol. The second-order valence-electron chi connectivity index (χ2n) is 10.3. The Hall–Kier alpha value is -1.90. The van der Waals surface area contributed by atoms with Crippen LogP contribution >= 0.6 is 0 Å². The highest BCUT2D eigenvalue weighted by molar-refractivity contribution is 5.66. The maximum absolute atomic E-state index is 11.4. The molecule has 1 aromatic rings. The molecule has 0 N–H and O–H groups in total. The summed E-state index contributed by atoms with van der Waals surface area (Å²) in [5, 5.41) is 0. The van der Waals surface area contributed by atoms with Crippen molar-refractivity contribution in [3.63, 3.8) is 0 Å². The molecule has 0 bridgehead atoms. The molecule has 1 aromatic heterocycles. The van der Waals surface area contributed by atoms with Crippen LogP contribution in [0, 0.1) is 28.6 Å². The van der Waals surface area contributed by atoms with E-state index in [1.807, 2.05) is 6.20 Å². The summed E-state index contributed by atoms with van der Waals surface area (Å²) < 4.78 is 5.57. The number of ether oxygens (including phenoxy) is 1. The number of carbonyl (C=O) groups excluding carboxylic acids is 1. The summed E-state index contributed by atoms with van der Waals surface area (Å²) in [7, 11) is 0. The Labute approximate surface area is 174 Å². The van der Waals surface area contributed by atoms with Crippen LogP contribution < -0.4 is 0 Å². The van der Waals surface area contributed by atoms with Gasteiger partial charge in [0.1, 0.15) is 6.10 Å². The van der Waals surface area contributed by atoms with E-state index in [1.54, 1.807) is 5.57 Å².